The molecular weight excluding hydrogens is 360 g/mol. The maximum atomic E-state index is 11.9. The highest BCUT2D eigenvalue weighted by molar-refractivity contribution is 6.30. The summed E-state index contributed by atoms with van der Waals surface area (Å²) in [5.74, 6) is -0.0736. The van der Waals surface area contributed by atoms with Crippen LogP contribution in [0, 0.1) is 0 Å². The van der Waals surface area contributed by atoms with Crippen LogP contribution >= 0.6 is 11.6 Å². The molecule has 0 spiro atoms. The van der Waals surface area contributed by atoms with Gasteiger partial charge in [0.1, 0.15) is 12.2 Å². The van der Waals surface area contributed by atoms with Crippen molar-refractivity contribution in [2.45, 2.75) is 26.5 Å². The van der Waals surface area contributed by atoms with E-state index in [4.69, 9.17) is 20.9 Å². The zero-order chi connectivity index (χ0) is 18.7. The molecule has 2 aromatic heterocycles. The molecule has 134 valence electrons. The van der Waals surface area contributed by atoms with Gasteiger partial charge in [-0.05, 0) is 44.2 Å². The summed E-state index contributed by atoms with van der Waals surface area (Å²) >= 11 is 5.86. The Balaban J connectivity index is 1.86. The van der Waals surface area contributed by atoms with E-state index in [0.717, 1.165) is 10.2 Å². The van der Waals surface area contributed by atoms with E-state index in [-0.39, 0.29) is 24.2 Å². The number of hydrogen-bond acceptors (Lipinski definition) is 7. The number of hydrogen-bond donors (Lipinski definition) is 0. The minimum Gasteiger partial charge on any atom is -0.462 e. The fourth-order valence-electron chi connectivity index (χ4n) is 2.14. The van der Waals surface area contributed by atoms with Gasteiger partial charge in [-0.25, -0.2) is 4.68 Å². The molecule has 0 amide bonds. The lowest BCUT2D eigenvalue weighted by atomic mass is 10.2. The number of esters is 1. The molecule has 8 nitrogen and oxygen atoms in total. The Morgan fingerprint density at radius 3 is 2.65 bits per heavy atom. The minimum absolute atomic E-state index is 0.126. The van der Waals surface area contributed by atoms with E-state index in [2.05, 4.69) is 15.2 Å². The molecule has 0 aliphatic heterocycles. The number of carbonyl (C=O) groups is 1. The van der Waals surface area contributed by atoms with Crippen LogP contribution in [-0.4, -0.2) is 32.0 Å². The second-order valence-electron chi connectivity index (χ2n) is 5.68. The number of aromatic nitrogens is 4. The van der Waals surface area contributed by atoms with Gasteiger partial charge in [0.25, 0.3) is 11.4 Å². The number of halogens is 1. The molecule has 26 heavy (non-hydrogen) atoms. The Morgan fingerprint density at radius 1 is 1.23 bits per heavy atom. The third-order valence-corrected chi connectivity index (χ3v) is 3.51. The van der Waals surface area contributed by atoms with Gasteiger partial charge in [0.15, 0.2) is 0 Å². The largest absolute Gasteiger partial charge is 0.462 e. The molecule has 3 aromatic rings. The summed E-state index contributed by atoms with van der Waals surface area (Å²) in [5, 5.41) is 8.59. The average molecular weight is 375 g/mol. The summed E-state index contributed by atoms with van der Waals surface area (Å²) in [4.78, 5) is 27.9. The SMILES string of the molecule is CC(C)OC(=O)Cn1nc(-c2nc(-c3ccc(Cl)cc3)no2)ccc1=O. The van der Waals surface area contributed by atoms with Gasteiger partial charge in [0.2, 0.25) is 5.82 Å². The second kappa shape index (κ2) is 7.49. The second-order valence-corrected chi connectivity index (χ2v) is 6.12. The number of rotatable bonds is 5. The first-order chi connectivity index (χ1) is 12.4. The first-order valence-electron chi connectivity index (χ1n) is 7.80. The molecule has 0 atom stereocenters. The van der Waals surface area contributed by atoms with E-state index in [1.165, 1.54) is 12.1 Å². The van der Waals surface area contributed by atoms with Crippen LogP contribution in [0.1, 0.15) is 13.8 Å². The topological polar surface area (TPSA) is 100 Å². The van der Waals surface area contributed by atoms with Crippen molar-refractivity contribution in [3.05, 3.63) is 51.8 Å². The maximum Gasteiger partial charge on any atom is 0.328 e. The molecule has 0 aliphatic carbocycles. The molecule has 2 heterocycles. The highest BCUT2D eigenvalue weighted by atomic mass is 35.5. The smallest absolute Gasteiger partial charge is 0.328 e. The summed E-state index contributed by atoms with van der Waals surface area (Å²) in [6.45, 7) is 3.14. The predicted octanol–water partition coefficient (Wildman–Crippen LogP) is 2.57. The van der Waals surface area contributed by atoms with Gasteiger partial charge in [0.05, 0.1) is 6.10 Å². The lowest BCUT2D eigenvalue weighted by molar-refractivity contribution is -0.148. The molecule has 1 aromatic carbocycles. The maximum absolute atomic E-state index is 11.9. The Morgan fingerprint density at radius 2 is 1.96 bits per heavy atom. The summed E-state index contributed by atoms with van der Waals surface area (Å²) < 4.78 is 11.2. The standard InChI is InChI=1S/C17H15ClN4O4/c1-10(2)25-15(24)9-22-14(23)8-7-13(20-22)17-19-16(21-26-17)11-3-5-12(18)6-4-11/h3-8,10H,9H2,1-2H3. The highest BCUT2D eigenvalue weighted by Gasteiger charge is 2.15. The zero-order valence-corrected chi connectivity index (χ0v) is 14.8. The number of benzene rings is 1. The summed E-state index contributed by atoms with van der Waals surface area (Å²) in [6.07, 6.45) is -0.278. The van der Waals surface area contributed by atoms with Crippen LogP contribution < -0.4 is 5.56 Å². The normalized spacial score (nSPS) is 10.9. The van der Waals surface area contributed by atoms with Gasteiger partial charge in [-0.15, -0.1) is 0 Å². The van der Waals surface area contributed by atoms with Crippen molar-refractivity contribution in [3.8, 4) is 23.0 Å². The zero-order valence-electron chi connectivity index (χ0n) is 14.0. The molecule has 0 unspecified atom stereocenters. The molecule has 0 saturated carbocycles. The van der Waals surface area contributed by atoms with Gasteiger partial charge in [-0.1, -0.05) is 16.8 Å². The van der Waals surface area contributed by atoms with Crippen molar-refractivity contribution in [2.24, 2.45) is 0 Å². The van der Waals surface area contributed by atoms with E-state index < -0.39 is 11.5 Å². The molecular formula is C17H15ClN4O4. The third kappa shape index (κ3) is 4.15. The Kier molecular flexibility index (Phi) is 5.13. The lowest BCUT2D eigenvalue weighted by Crippen LogP contribution is -2.28. The molecule has 3 rings (SSSR count). The first kappa shape index (κ1) is 17.8. The molecule has 0 fully saturated rings. The third-order valence-electron chi connectivity index (χ3n) is 3.26. The highest BCUT2D eigenvalue weighted by Crippen LogP contribution is 2.21. The molecule has 0 saturated heterocycles. The van der Waals surface area contributed by atoms with Crippen molar-refractivity contribution in [3.63, 3.8) is 0 Å². The fourth-order valence-corrected chi connectivity index (χ4v) is 2.27. The molecule has 0 aliphatic rings. The fraction of sp³-hybridized carbons (Fsp3) is 0.235. The van der Waals surface area contributed by atoms with E-state index in [9.17, 15) is 9.59 Å². The summed E-state index contributed by atoms with van der Waals surface area (Å²) in [6, 6.07) is 9.67. The Bertz CT molecular complexity index is 979. The van der Waals surface area contributed by atoms with Gasteiger partial charge in [-0.3, -0.25) is 9.59 Å². The van der Waals surface area contributed by atoms with Crippen LogP contribution in [0.2, 0.25) is 5.02 Å². The molecule has 0 radical (unpaired) electrons. The molecule has 9 heteroatoms. The van der Waals surface area contributed by atoms with Gasteiger partial charge >= 0.3 is 5.97 Å². The summed E-state index contributed by atoms with van der Waals surface area (Å²) in [5.41, 5.74) is 0.555. The van der Waals surface area contributed by atoms with Gasteiger partial charge in [-0.2, -0.15) is 10.1 Å². The number of ether oxygens (including phenoxy) is 1. The quantitative estimate of drug-likeness (QED) is 0.632. The monoisotopic (exact) mass is 374 g/mol. The van der Waals surface area contributed by atoms with Gasteiger partial charge < -0.3 is 9.26 Å². The van der Waals surface area contributed by atoms with Crippen LogP contribution in [0.15, 0.2) is 45.7 Å². The average Bonchev–Trinajstić information content (AvgIpc) is 3.07. The van der Waals surface area contributed by atoms with Crippen molar-refractivity contribution in [1.29, 1.82) is 0 Å². The lowest BCUT2D eigenvalue weighted by Gasteiger charge is -2.08. The van der Waals surface area contributed by atoms with Crippen LogP contribution in [0.3, 0.4) is 0 Å². The predicted molar refractivity (Wildman–Crippen MR) is 93.5 cm³/mol. The first-order valence-corrected chi connectivity index (χ1v) is 8.18. The number of nitrogens with zero attached hydrogens (tertiary/aromatic N) is 4. The molecule has 0 N–H and O–H groups in total. The summed E-state index contributed by atoms with van der Waals surface area (Å²) in [7, 11) is 0. The van der Waals surface area contributed by atoms with E-state index >= 15 is 0 Å². The van der Waals surface area contributed by atoms with Crippen LogP contribution in [0.4, 0.5) is 0 Å². The van der Waals surface area contributed by atoms with Crippen LogP contribution in [-0.2, 0) is 16.1 Å². The van der Waals surface area contributed by atoms with Crippen molar-refractivity contribution < 1.29 is 14.1 Å². The number of carbonyl (C=O) groups excluding carboxylic acids is 1. The van der Waals surface area contributed by atoms with E-state index in [1.807, 2.05) is 0 Å². The van der Waals surface area contributed by atoms with Gasteiger partial charge in [0, 0.05) is 16.7 Å². The van der Waals surface area contributed by atoms with E-state index in [0.29, 0.717) is 10.8 Å². The Hall–Kier alpha value is -3.00. The molecule has 0 bridgehead atoms. The van der Waals surface area contributed by atoms with Crippen molar-refractivity contribution in [1.82, 2.24) is 19.9 Å². The van der Waals surface area contributed by atoms with E-state index in [1.54, 1.807) is 38.1 Å². The van der Waals surface area contributed by atoms with Crippen molar-refractivity contribution in [2.75, 3.05) is 0 Å². The Labute approximate surface area is 153 Å². The minimum atomic E-state index is -0.556. The van der Waals surface area contributed by atoms with Crippen molar-refractivity contribution >= 4 is 17.6 Å². The van der Waals surface area contributed by atoms with Crippen LogP contribution in [0.25, 0.3) is 23.0 Å². The van der Waals surface area contributed by atoms with Crippen LogP contribution in [0.5, 0.6) is 0 Å².